The zero-order chi connectivity index (χ0) is 22.3. The van der Waals surface area contributed by atoms with Crippen molar-refractivity contribution in [1.29, 1.82) is 0 Å². The average molecular weight is 432 g/mol. The van der Waals surface area contributed by atoms with Crippen LogP contribution in [0.2, 0.25) is 0 Å². The number of rotatable bonds is 4. The predicted octanol–water partition coefficient (Wildman–Crippen LogP) is 2.69. The Kier molecular flexibility index (Phi) is 5.40. The summed E-state index contributed by atoms with van der Waals surface area (Å²) in [4.78, 5) is 30.2. The molecule has 0 radical (unpaired) electrons. The van der Waals surface area contributed by atoms with Crippen LogP contribution < -0.4 is 15.6 Å². The molecular formula is C21H19F3N4O3. The van der Waals surface area contributed by atoms with Gasteiger partial charge in [0.1, 0.15) is 17.2 Å². The quantitative estimate of drug-likeness (QED) is 0.659. The minimum atomic E-state index is -1.56. The van der Waals surface area contributed by atoms with Gasteiger partial charge in [-0.3, -0.25) is 9.36 Å². The molecule has 31 heavy (non-hydrogen) atoms. The average Bonchev–Trinajstić information content (AvgIpc) is 2.74. The molecule has 3 heterocycles. The molecule has 0 spiro atoms. The Balaban J connectivity index is 1.99. The van der Waals surface area contributed by atoms with Gasteiger partial charge in [-0.2, -0.15) is 0 Å². The first kappa shape index (κ1) is 20.9. The Bertz CT molecular complexity index is 1240. The van der Waals surface area contributed by atoms with Gasteiger partial charge in [0.2, 0.25) is 5.43 Å². The maximum Gasteiger partial charge on any atom is 0.341 e. The number of nitrogens with zero attached hydrogens (tertiary/aromatic N) is 3. The summed E-state index contributed by atoms with van der Waals surface area (Å²) in [6, 6.07) is 3.77. The molecule has 1 aromatic carbocycles. The van der Waals surface area contributed by atoms with Gasteiger partial charge in [0.15, 0.2) is 17.3 Å². The highest BCUT2D eigenvalue weighted by atomic mass is 19.1. The molecule has 1 saturated heterocycles. The van der Waals surface area contributed by atoms with E-state index < -0.39 is 34.4 Å². The van der Waals surface area contributed by atoms with Gasteiger partial charge in [0, 0.05) is 37.9 Å². The minimum Gasteiger partial charge on any atom is -0.477 e. The molecule has 0 aliphatic carbocycles. The zero-order valence-electron chi connectivity index (χ0n) is 16.5. The zero-order valence-corrected chi connectivity index (χ0v) is 16.5. The molecule has 2 aromatic heterocycles. The molecule has 2 N–H and O–H groups in total. The normalized spacial score (nSPS) is 16.6. The predicted molar refractivity (Wildman–Crippen MR) is 108 cm³/mol. The molecule has 162 valence electrons. The van der Waals surface area contributed by atoms with E-state index in [9.17, 15) is 27.9 Å². The van der Waals surface area contributed by atoms with Gasteiger partial charge < -0.3 is 15.3 Å². The molecule has 0 amide bonds. The number of carbonyl (C=O) groups is 1. The fourth-order valence-electron chi connectivity index (χ4n) is 3.74. The summed E-state index contributed by atoms with van der Waals surface area (Å²) in [6.45, 7) is 3.55. The van der Waals surface area contributed by atoms with Gasteiger partial charge >= 0.3 is 5.97 Å². The van der Waals surface area contributed by atoms with Crippen LogP contribution >= 0.6 is 0 Å². The first-order valence-corrected chi connectivity index (χ1v) is 9.73. The summed E-state index contributed by atoms with van der Waals surface area (Å²) >= 11 is 0. The number of anilines is 1. The van der Waals surface area contributed by atoms with Crippen LogP contribution in [0.3, 0.4) is 0 Å². The van der Waals surface area contributed by atoms with Crippen molar-refractivity contribution >= 4 is 22.8 Å². The number of piperazine rings is 1. The van der Waals surface area contributed by atoms with Crippen LogP contribution in [0.4, 0.5) is 19.0 Å². The Morgan fingerprint density at radius 2 is 2.03 bits per heavy atom. The number of nitrogens with one attached hydrogen (secondary N) is 1. The number of aromatic carboxylic acids is 1. The number of hydrogen-bond acceptors (Lipinski definition) is 5. The lowest BCUT2D eigenvalue weighted by molar-refractivity contribution is 0.0695. The molecule has 1 atom stereocenters. The molecular weight excluding hydrogens is 413 g/mol. The first-order chi connectivity index (χ1) is 14.8. The molecule has 1 aliphatic rings. The lowest BCUT2D eigenvalue weighted by Crippen LogP contribution is -2.51. The number of benzene rings is 1. The number of halogens is 3. The van der Waals surface area contributed by atoms with Crippen molar-refractivity contribution in [1.82, 2.24) is 14.9 Å². The van der Waals surface area contributed by atoms with Crippen LogP contribution in [-0.4, -0.2) is 46.3 Å². The maximum absolute atomic E-state index is 15.0. The second-order valence-electron chi connectivity index (χ2n) is 7.31. The molecule has 3 aromatic rings. The fourth-order valence-corrected chi connectivity index (χ4v) is 3.74. The summed E-state index contributed by atoms with van der Waals surface area (Å²) in [6.07, 6.45) is 1.74. The van der Waals surface area contributed by atoms with Gasteiger partial charge in [-0.25, -0.2) is 22.9 Å². The van der Waals surface area contributed by atoms with E-state index in [1.54, 1.807) is 4.90 Å². The molecule has 0 saturated carbocycles. The van der Waals surface area contributed by atoms with E-state index in [2.05, 4.69) is 10.3 Å². The molecule has 10 heteroatoms. The molecule has 4 rings (SSSR count). The molecule has 1 fully saturated rings. The smallest absolute Gasteiger partial charge is 0.341 e. The van der Waals surface area contributed by atoms with Gasteiger partial charge in [-0.05, 0) is 24.6 Å². The Morgan fingerprint density at radius 3 is 2.71 bits per heavy atom. The molecule has 0 bridgehead atoms. The Morgan fingerprint density at radius 1 is 1.26 bits per heavy atom. The summed E-state index contributed by atoms with van der Waals surface area (Å²) in [5.74, 6) is -4.17. The fraction of sp³-hybridized carbons (Fsp3) is 0.286. The highest BCUT2D eigenvalue weighted by Gasteiger charge is 2.25. The van der Waals surface area contributed by atoms with Crippen molar-refractivity contribution in [3.8, 4) is 5.69 Å². The van der Waals surface area contributed by atoms with E-state index in [0.29, 0.717) is 25.7 Å². The topological polar surface area (TPSA) is 87.5 Å². The van der Waals surface area contributed by atoms with Crippen molar-refractivity contribution in [3.63, 3.8) is 0 Å². The first-order valence-electron chi connectivity index (χ1n) is 9.73. The van der Waals surface area contributed by atoms with Crippen LogP contribution in [0, 0.1) is 17.5 Å². The second kappa shape index (κ2) is 8.03. The monoisotopic (exact) mass is 432 g/mol. The number of carboxylic acids is 1. The third kappa shape index (κ3) is 3.74. The molecule has 7 nitrogen and oxygen atoms in total. The Hall–Kier alpha value is -3.40. The number of hydrogen-bond donors (Lipinski definition) is 2. The molecule has 1 unspecified atom stereocenters. The van der Waals surface area contributed by atoms with E-state index in [-0.39, 0.29) is 28.6 Å². The van der Waals surface area contributed by atoms with E-state index >= 15 is 0 Å². The summed E-state index contributed by atoms with van der Waals surface area (Å²) < 4.78 is 43.9. The SMILES string of the molecule is CCC1CN(c2nc3c(cc2F)c(=O)c(C(=O)O)cn3-c2ccc(F)cc2F)CCN1. The van der Waals surface area contributed by atoms with Crippen molar-refractivity contribution in [3.05, 3.63) is 63.7 Å². The van der Waals surface area contributed by atoms with Gasteiger partial charge in [0.25, 0.3) is 0 Å². The van der Waals surface area contributed by atoms with Crippen molar-refractivity contribution < 1.29 is 23.1 Å². The van der Waals surface area contributed by atoms with E-state index in [1.807, 2.05) is 6.92 Å². The van der Waals surface area contributed by atoms with Crippen LogP contribution in [0.15, 0.2) is 35.3 Å². The third-order valence-electron chi connectivity index (χ3n) is 5.36. The van der Waals surface area contributed by atoms with E-state index in [4.69, 9.17) is 0 Å². The van der Waals surface area contributed by atoms with Crippen LogP contribution in [0.5, 0.6) is 0 Å². The number of aromatic nitrogens is 2. The van der Waals surface area contributed by atoms with E-state index in [1.165, 1.54) is 0 Å². The number of fused-ring (bicyclic) bond motifs is 1. The van der Waals surface area contributed by atoms with Crippen LogP contribution in [0.1, 0.15) is 23.7 Å². The van der Waals surface area contributed by atoms with E-state index in [0.717, 1.165) is 35.4 Å². The summed E-state index contributed by atoms with van der Waals surface area (Å²) in [7, 11) is 0. The van der Waals surface area contributed by atoms with Crippen molar-refractivity contribution in [2.24, 2.45) is 0 Å². The van der Waals surface area contributed by atoms with Crippen molar-refractivity contribution in [2.45, 2.75) is 19.4 Å². The maximum atomic E-state index is 15.0. The number of pyridine rings is 2. The third-order valence-corrected chi connectivity index (χ3v) is 5.36. The van der Waals surface area contributed by atoms with Crippen LogP contribution in [-0.2, 0) is 0 Å². The van der Waals surface area contributed by atoms with Gasteiger partial charge in [-0.15, -0.1) is 0 Å². The largest absolute Gasteiger partial charge is 0.477 e. The highest BCUT2D eigenvalue weighted by molar-refractivity contribution is 5.92. The standard InChI is InChI=1S/C21H19F3N4O3/c1-2-12-9-27(6-5-25-12)20-16(24)8-13-18(29)14(21(30)31)10-28(19(13)26-20)17-4-3-11(22)7-15(17)23/h3-4,7-8,10,12,25H,2,5-6,9H2,1H3,(H,30,31). The lowest BCUT2D eigenvalue weighted by Gasteiger charge is -2.34. The Labute approximate surface area is 174 Å². The van der Waals surface area contributed by atoms with Crippen molar-refractivity contribution in [2.75, 3.05) is 24.5 Å². The second-order valence-corrected chi connectivity index (χ2v) is 7.31. The lowest BCUT2D eigenvalue weighted by atomic mass is 10.1. The highest BCUT2D eigenvalue weighted by Crippen LogP contribution is 2.26. The number of carboxylic acid groups (broad SMARTS) is 1. The summed E-state index contributed by atoms with van der Waals surface area (Å²) in [5, 5.41) is 12.4. The van der Waals surface area contributed by atoms with Gasteiger partial charge in [0.05, 0.1) is 11.1 Å². The minimum absolute atomic E-state index is 0.0220. The molecule has 1 aliphatic heterocycles. The van der Waals surface area contributed by atoms with Gasteiger partial charge in [-0.1, -0.05) is 6.92 Å². The van der Waals surface area contributed by atoms with Crippen LogP contribution in [0.25, 0.3) is 16.7 Å². The summed E-state index contributed by atoms with van der Waals surface area (Å²) in [5.41, 5.74) is -1.96.